The summed E-state index contributed by atoms with van der Waals surface area (Å²) in [6, 6.07) is 0. The third-order valence-electron chi connectivity index (χ3n) is 1.93. The second-order valence-corrected chi connectivity index (χ2v) is 2.90. The van der Waals surface area contributed by atoms with Crippen molar-refractivity contribution in [1.29, 1.82) is 0 Å². The molecule has 0 heterocycles. The Morgan fingerprint density at radius 2 is 1.33 bits per heavy atom. The van der Waals surface area contributed by atoms with E-state index in [0.29, 0.717) is 0 Å². The van der Waals surface area contributed by atoms with Crippen molar-refractivity contribution in [3.05, 3.63) is 47.6 Å². The second kappa shape index (κ2) is 3.28. The Balaban J connectivity index is 2.01. The minimum Gasteiger partial charge on any atom is -0.0794 e. The molecular weight excluding hydrogens is 144 g/mol. The molecule has 0 heteroatoms. The van der Waals surface area contributed by atoms with E-state index in [1.807, 2.05) is 0 Å². The van der Waals surface area contributed by atoms with Gasteiger partial charge in [-0.25, -0.2) is 0 Å². The van der Waals surface area contributed by atoms with Gasteiger partial charge >= 0.3 is 0 Å². The van der Waals surface area contributed by atoms with Gasteiger partial charge < -0.3 is 0 Å². The molecular formula is C12H10. The quantitative estimate of drug-likeness (QED) is 0.471. The molecule has 0 bridgehead atoms. The molecule has 0 unspecified atom stereocenters. The van der Waals surface area contributed by atoms with Crippen LogP contribution in [0.25, 0.3) is 0 Å². The van der Waals surface area contributed by atoms with Gasteiger partial charge in [0.1, 0.15) is 0 Å². The highest BCUT2D eigenvalue weighted by atomic mass is 14.0. The molecule has 0 aromatic heterocycles. The van der Waals surface area contributed by atoms with Gasteiger partial charge in [-0.05, 0) is 12.8 Å². The highest BCUT2D eigenvalue weighted by Gasteiger charge is 1.95. The monoisotopic (exact) mass is 154 g/mol. The molecule has 0 aromatic carbocycles. The summed E-state index contributed by atoms with van der Waals surface area (Å²) < 4.78 is 0. The van der Waals surface area contributed by atoms with Gasteiger partial charge in [-0.2, -0.15) is 0 Å². The van der Waals surface area contributed by atoms with Crippen LogP contribution in [-0.2, 0) is 0 Å². The van der Waals surface area contributed by atoms with Crippen LogP contribution >= 0.6 is 0 Å². The van der Waals surface area contributed by atoms with Crippen molar-refractivity contribution in [2.24, 2.45) is 0 Å². The van der Waals surface area contributed by atoms with Gasteiger partial charge in [0.25, 0.3) is 0 Å². The van der Waals surface area contributed by atoms with E-state index < -0.39 is 0 Å². The molecule has 2 aliphatic rings. The summed E-state index contributed by atoms with van der Waals surface area (Å²) in [6.07, 6.45) is 14.6. The molecule has 0 aromatic rings. The van der Waals surface area contributed by atoms with Crippen LogP contribution in [0.2, 0.25) is 0 Å². The van der Waals surface area contributed by atoms with Crippen molar-refractivity contribution in [3.63, 3.8) is 0 Å². The Morgan fingerprint density at radius 3 is 1.67 bits per heavy atom. The predicted octanol–water partition coefficient (Wildman–Crippen LogP) is 2.76. The van der Waals surface area contributed by atoms with Gasteiger partial charge in [-0.3, -0.25) is 0 Å². The third-order valence-corrected chi connectivity index (χ3v) is 1.93. The van der Waals surface area contributed by atoms with E-state index in [2.05, 4.69) is 48.3 Å². The van der Waals surface area contributed by atoms with Crippen LogP contribution in [0.4, 0.5) is 0 Å². The molecule has 0 saturated heterocycles. The smallest absolute Gasteiger partial charge is 0.00616 e. The van der Waals surface area contributed by atoms with E-state index in [4.69, 9.17) is 0 Å². The first-order valence-corrected chi connectivity index (χ1v) is 4.18. The van der Waals surface area contributed by atoms with Gasteiger partial charge in [0, 0.05) is 11.1 Å². The number of rotatable bonds is 0. The van der Waals surface area contributed by atoms with E-state index in [9.17, 15) is 0 Å². The first-order chi connectivity index (χ1) is 5.95. The fourth-order valence-electron chi connectivity index (χ4n) is 1.24. The molecule has 0 saturated carbocycles. The molecule has 0 nitrogen and oxygen atoms in total. The van der Waals surface area contributed by atoms with E-state index in [0.717, 1.165) is 12.8 Å². The summed E-state index contributed by atoms with van der Waals surface area (Å²) in [5.41, 5.74) is 2.45. The first kappa shape index (κ1) is 7.18. The van der Waals surface area contributed by atoms with Crippen LogP contribution in [0.1, 0.15) is 12.8 Å². The molecule has 0 radical (unpaired) electrons. The lowest BCUT2D eigenvalue weighted by molar-refractivity contribution is 1.34. The Hall–Kier alpha value is -1.48. The maximum Gasteiger partial charge on any atom is 0.00616 e. The Kier molecular flexibility index (Phi) is 1.96. The van der Waals surface area contributed by atoms with E-state index in [1.54, 1.807) is 0 Å². The number of allylic oxidation sites excluding steroid dienone is 8. The lowest BCUT2D eigenvalue weighted by Gasteiger charge is -1.86. The molecule has 0 amide bonds. The van der Waals surface area contributed by atoms with Gasteiger partial charge in [-0.15, -0.1) is 0 Å². The summed E-state index contributed by atoms with van der Waals surface area (Å²) in [4.78, 5) is 0. The van der Waals surface area contributed by atoms with Crippen molar-refractivity contribution in [2.75, 3.05) is 0 Å². The largest absolute Gasteiger partial charge is 0.0794 e. The van der Waals surface area contributed by atoms with E-state index >= 15 is 0 Å². The Bertz CT molecular complexity index is 317. The lowest BCUT2D eigenvalue weighted by Crippen LogP contribution is -1.73. The minimum atomic E-state index is 1.01. The second-order valence-electron chi connectivity index (χ2n) is 2.90. The van der Waals surface area contributed by atoms with E-state index in [1.165, 1.54) is 11.1 Å². The van der Waals surface area contributed by atoms with Gasteiger partial charge in [-0.1, -0.05) is 48.3 Å². The molecule has 58 valence electrons. The molecule has 0 atom stereocenters. The molecule has 0 aliphatic heterocycles. The summed E-state index contributed by atoms with van der Waals surface area (Å²) in [5.74, 6) is 6.33. The van der Waals surface area contributed by atoms with Gasteiger partial charge in [0.05, 0.1) is 0 Å². The third kappa shape index (κ3) is 1.57. The molecule has 0 fully saturated rings. The summed E-state index contributed by atoms with van der Waals surface area (Å²) >= 11 is 0. The fourth-order valence-corrected chi connectivity index (χ4v) is 1.24. The molecule has 0 N–H and O–H groups in total. The average Bonchev–Trinajstić information content (AvgIpc) is 2.74. The molecule has 2 aliphatic carbocycles. The molecule has 0 spiro atoms. The fraction of sp³-hybridized carbons (Fsp3) is 0.167. The zero-order valence-electron chi connectivity index (χ0n) is 6.88. The maximum atomic E-state index is 3.16. The molecule has 2 rings (SSSR count). The predicted molar refractivity (Wildman–Crippen MR) is 51.5 cm³/mol. The SMILES string of the molecule is C(#CC1=CC=CC1)C1=CC=CC1. The summed E-state index contributed by atoms with van der Waals surface area (Å²) in [6.45, 7) is 0. The Morgan fingerprint density at radius 1 is 0.833 bits per heavy atom. The average molecular weight is 154 g/mol. The molecule has 12 heavy (non-hydrogen) atoms. The highest BCUT2D eigenvalue weighted by molar-refractivity contribution is 5.45. The number of hydrogen-bond acceptors (Lipinski definition) is 0. The van der Waals surface area contributed by atoms with Crippen LogP contribution in [0.5, 0.6) is 0 Å². The van der Waals surface area contributed by atoms with E-state index in [-0.39, 0.29) is 0 Å². The van der Waals surface area contributed by atoms with Gasteiger partial charge in [0.2, 0.25) is 0 Å². The maximum absolute atomic E-state index is 3.16. The normalized spacial score (nSPS) is 18.7. The van der Waals surface area contributed by atoms with Crippen LogP contribution < -0.4 is 0 Å². The van der Waals surface area contributed by atoms with Crippen molar-refractivity contribution in [3.8, 4) is 11.8 Å². The van der Waals surface area contributed by atoms with Crippen LogP contribution in [-0.4, -0.2) is 0 Å². The van der Waals surface area contributed by atoms with Crippen molar-refractivity contribution >= 4 is 0 Å². The van der Waals surface area contributed by atoms with Crippen molar-refractivity contribution in [2.45, 2.75) is 12.8 Å². The van der Waals surface area contributed by atoms with Crippen molar-refractivity contribution in [1.82, 2.24) is 0 Å². The topological polar surface area (TPSA) is 0 Å². The standard InChI is InChI=1S/C12H10/c1-2-6-11(5-1)9-10-12-7-3-4-8-12/h1-5,7H,6,8H2. The Labute approximate surface area is 73.0 Å². The highest BCUT2D eigenvalue weighted by Crippen LogP contribution is 2.11. The number of hydrogen-bond donors (Lipinski definition) is 0. The van der Waals surface area contributed by atoms with Crippen LogP contribution in [0.15, 0.2) is 47.6 Å². The zero-order chi connectivity index (χ0) is 8.23. The summed E-state index contributed by atoms with van der Waals surface area (Å²) in [5, 5.41) is 0. The summed E-state index contributed by atoms with van der Waals surface area (Å²) in [7, 11) is 0. The minimum absolute atomic E-state index is 1.01. The van der Waals surface area contributed by atoms with Crippen LogP contribution in [0.3, 0.4) is 0 Å². The zero-order valence-corrected chi connectivity index (χ0v) is 6.88. The van der Waals surface area contributed by atoms with Gasteiger partial charge in [0.15, 0.2) is 0 Å². The van der Waals surface area contributed by atoms with Crippen LogP contribution in [0, 0.1) is 11.8 Å². The first-order valence-electron chi connectivity index (χ1n) is 4.18. The lowest BCUT2D eigenvalue weighted by atomic mass is 10.2. The van der Waals surface area contributed by atoms with Crippen molar-refractivity contribution < 1.29 is 0 Å².